The Morgan fingerprint density at radius 1 is 1.29 bits per heavy atom. The quantitative estimate of drug-likeness (QED) is 0.557. The van der Waals surface area contributed by atoms with Crippen molar-refractivity contribution in [1.29, 1.82) is 5.26 Å². The number of hydrogen-bond donors (Lipinski definition) is 0. The van der Waals surface area contributed by atoms with Crippen LogP contribution in [0.15, 0.2) is 30.5 Å². The maximum atomic E-state index is 14.3. The molecule has 1 fully saturated rings. The highest BCUT2D eigenvalue weighted by atomic mass is 35.5. The molecule has 0 aliphatic carbocycles. The van der Waals surface area contributed by atoms with E-state index in [1.807, 2.05) is 26.8 Å². The van der Waals surface area contributed by atoms with Crippen LogP contribution in [-0.4, -0.2) is 34.7 Å². The number of nitriles is 1. The lowest BCUT2D eigenvalue weighted by Gasteiger charge is -2.31. The lowest BCUT2D eigenvalue weighted by Crippen LogP contribution is -2.41. The molecule has 0 radical (unpaired) electrons. The third-order valence-electron chi connectivity index (χ3n) is 4.79. The average Bonchev–Trinajstić information content (AvgIpc) is 2.72. The van der Waals surface area contributed by atoms with Gasteiger partial charge in [0.05, 0.1) is 22.3 Å². The van der Waals surface area contributed by atoms with Gasteiger partial charge < -0.3 is 9.64 Å². The van der Waals surface area contributed by atoms with E-state index >= 15 is 0 Å². The molecule has 0 N–H and O–H groups in total. The molecule has 3 rings (SSSR count). The monoisotopic (exact) mass is 439 g/mol. The molecule has 1 aliphatic heterocycles. The minimum absolute atomic E-state index is 0.123. The molecule has 7 heteroatoms. The third-order valence-corrected chi connectivity index (χ3v) is 5.09. The molecule has 0 atom stereocenters. The van der Waals surface area contributed by atoms with E-state index in [0.29, 0.717) is 29.4 Å². The molecule has 0 bridgehead atoms. The van der Waals surface area contributed by atoms with Crippen LogP contribution in [0.25, 0.3) is 11.3 Å². The zero-order valence-electron chi connectivity index (χ0n) is 17.7. The van der Waals surface area contributed by atoms with E-state index in [0.717, 1.165) is 12.8 Å². The molecule has 1 amide bonds. The zero-order chi connectivity index (χ0) is 22.6. The maximum absolute atomic E-state index is 14.3. The summed E-state index contributed by atoms with van der Waals surface area (Å²) in [5, 5.41) is 9.28. The van der Waals surface area contributed by atoms with Gasteiger partial charge in [-0.05, 0) is 57.9 Å². The molecule has 1 saturated heterocycles. The Morgan fingerprint density at radius 3 is 2.61 bits per heavy atom. The van der Waals surface area contributed by atoms with Gasteiger partial charge in [-0.25, -0.2) is 9.18 Å². The lowest BCUT2D eigenvalue weighted by atomic mass is 9.97. The number of rotatable bonds is 1. The minimum atomic E-state index is -0.526. The fourth-order valence-corrected chi connectivity index (χ4v) is 3.34. The second-order valence-electron chi connectivity index (χ2n) is 8.37. The summed E-state index contributed by atoms with van der Waals surface area (Å²) >= 11 is 6.24. The Hall–Kier alpha value is -3.09. The number of nitrogens with zero attached hydrogens (tertiary/aromatic N) is 3. The third kappa shape index (κ3) is 5.96. The number of likely N-dealkylation sites (tertiary alicyclic amines) is 1. The first kappa shape index (κ1) is 22.6. The Morgan fingerprint density at radius 2 is 2.00 bits per heavy atom. The van der Waals surface area contributed by atoms with Gasteiger partial charge in [0.25, 0.3) is 0 Å². The van der Waals surface area contributed by atoms with Gasteiger partial charge >= 0.3 is 6.09 Å². The summed E-state index contributed by atoms with van der Waals surface area (Å²) in [6, 6.07) is 7.79. The first-order valence-corrected chi connectivity index (χ1v) is 10.4. The van der Waals surface area contributed by atoms with Gasteiger partial charge in [0.2, 0.25) is 0 Å². The first-order chi connectivity index (χ1) is 14.7. The van der Waals surface area contributed by atoms with Crippen molar-refractivity contribution in [2.24, 2.45) is 5.92 Å². The van der Waals surface area contributed by atoms with Crippen LogP contribution in [0.4, 0.5) is 9.18 Å². The van der Waals surface area contributed by atoms with Gasteiger partial charge in [0, 0.05) is 36.3 Å². The Balaban J connectivity index is 1.70. The predicted octanol–water partition coefficient (Wildman–Crippen LogP) is 5.41. The number of pyridine rings is 1. The predicted molar refractivity (Wildman–Crippen MR) is 117 cm³/mol. The number of amides is 1. The van der Waals surface area contributed by atoms with Crippen molar-refractivity contribution in [1.82, 2.24) is 9.88 Å². The van der Waals surface area contributed by atoms with Crippen molar-refractivity contribution in [2.75, 3.05) is 13.1 Å². The van der Waals surface area contributed by atoms with Crippen LogP contribution in [0.5, 0.6) is 0 Å². The summed E-state index contributed by atoms with van der Waals surface area (Å²) in [6.07, 6.45) is 2.63. The van der Waals surface area contributed by atoms with E-state index in [1.54, 1.807) is 17.0 Å². The number of aromatic nitrogens is 1. The van der Waals surface area contributed by atoms with Crippen LogP contribution in [0, 0.1) is 34.9 Å². The number of ether oxygens (including phenoxy) is 1. The van der Waals surface area contributed by atoms with Crippen molar-refractivity contribution in [2.45, 2.75) is 39.2 Å². The highest BCUT2D eigenvalue weighted by Crippen LogP contribution is 2.26. The summed E-state index contributed by atoms with van der Waals surface area (Å²) in [5.41, 5.74) is 0.968. The van der Waals surface area contributed by atoms with Gasteiger partial charge in [0.15, 0.2) is 0 Å². The van der Waals surface area contributed by atoms with Crippen molar-refractivity contribution < 1.29 is 13.9 Å². The molecule has 1 aliphatic rings. The Labute approximate surface area is 186 Å². The normalized spacial score (nSPS) is 14.4. The van der Waals surface area contributed by atoms with E-state index < -0.39 is 11.4 Å². The second kappa shape index (κ2) is 9.37. The zero-order valence-corrected chi connectivity index (χ0v) is 18.5. The van der Waals surface area contributed by atoms with Crippen molar-refractivity contribution in [3.63, 3.8) is 0 Å². The van der Waals surface area contributed by atoms with E-state index in [4.69, 9.17) is 21.6 Å². The highest BCUT2D eigenvalue weighted by Gasteiger charge is 2.26. The highest BCUT2D eigenvalue weighted by molar-refractivity contribution is 6.31. The van der Waals surface area contributed by atoms with Crippen LogP contribution in [0.3, 0.4) is 0 Å². The molecule has 1 aromatic carbocycles. The van der Waals surface area contributed by atoms with Crippen molar-refractivity contribution in [3.8, 4) is 29.2 Å². The fourth-order valence-electron chi connectivity index (χ4n) is 3.19. The van der Waals surface area contributed by atoms with E-state index in [9.17, 15) is 9.18 Å². The number of benzene rings is 1. The molecule has 2 heterocycles. The van der Waals surface area contributed by atoms with Gasteiger partial charge in [0.1, 0.15) is 11.4 Å². The summed E-state index contributed by atoms with van der Waals surface area (Å²) < 4.78 is 19.7. The maximum Gasteiger partial charge on any atom is 0.410 e. The van der Waals surface area contributed by atoms with E-state index in [-0.39, 0.29) is 23.1 Å². The molecule has 1 aromatic heterocycles. The largest absolute Gasteiger partial charge is 0.444 e. The lowest BCUT2D eigenvalue weighted by molar-refractivity contribution is 0.0199. The van der Waals surface area contributed by atoms with Crippen LogP contribution < -0.4 is 0 Å². The van der Waals surface area contributed by atoms with E-state index in [2.05, 4.69) is 16.8 Å². The second-order valence-corrected chi connectivity index (χ2v) is 8.77. The summed E-state index contributed by atoms with van der Waals surface area (Å²) in [6.45, 7) is 6.71. The van der Waals surface area contributed by atoms with Crippen LogP contribution in [0.2, 0.25) is 5.02 Å². The molecule has 5 nitrogen and oxygen atoms in total. The molecule has 31 heavy (non-hydrogen) atoms. The number of carbonyl (C=O) groups excluding carboxylic acids is 1. The summed E-state index contributed by atoms with van der Waals surface area (Å²) in [4.78, 5) is 18.1. The van der Waals surface area contributed by atoms with Gasteiger partial charge in [-0.3, -0.25) is 4.98 Å². The van der Waals surface area contributed by atoms with Crippen LogP contribution in [0.1, 0.15) is 44.7 Å². The van der Waals surface area contributed by atoms with Crippen LogP contribution >= 0.6 is 11.6 Å². The topological polar surface area (TPSA) is 66.2 Å². The van der Waals surface area contributed by atoms with E-state index in [1.165, 1.54) is 18.3 Å². The average molecular weight is 440 g/mol. The summed E-state index contributed by atoms with van der Waals surface area (Å²) in [7, 11) is 0. The molecule has 0 unspecified atom stereocenters. The molecule has 160 valence electrons. The smallest absolute Gasteiger partial charge is 0.410 e. The SMILES string of the molecule is CC(C)(C)OC(=O)N1CCC(C#Cc2cc(-c3ccc(C#N)cc3F)ncc2Cl)CC1. The van der Waals surface area contributed by atoms with Crippen molar-refractivity contribution >= 4 is 17.7 Å². The van der Waals surface area contributed by atoms with Crippen LogP contribution in [-0.2, 0) is 4.74 Å². The first-order valence-electron chi connectivity index (χ1n) is 10.0. The van der Waals surface area contributed by atoms with Gasteiger partial charge in [-0.1, -0.05) is 23.4 Å². The standard InChI is InChI=1S/C24H23ClFN3O2/c1-24(2,3)31-23(30)29-10-8-16(9-11-29)4-6-18-13-22(28-15-20(18)25)19-7-5-17(14-27)12-21(19)26/h5,7,12-13,15-16H,8-11H2,1-3H3. The molecular formula is C24H23ClFN3O2. The minimum Gasteiger partial charge on any atom is -0.444 e. The number of piperidine rings is 1. The molecule has 2 aromatic rings. The molecule has 0 saturated carbocycles. The Kier molecular flexibility index (Phi) is 6.83. The molecule has 0 spiro atoms. The fraction of sp³-hybridized carbons (Fsp3) is 0.375. The van der Waals surface area contributed by atoms with Gasteiger partial charge in [-0.2, -0.15) is 5.26 Å². The van der Waals surface area contributed by atoms with Crippen molar-refractivity contribution in [3.05, 3.63) is 52.4 Å². The number of carbonyl (C=O) groups is 1. The Bertz CT molecular complexity index is 1080. The number of halogens is 2. The summed E-state index contributed by atoms with van der Waals surface area (Å²) in [5.74, 6) is 5.90. The van der Waals surface area contributed by atoms with Gasteiger partial charge in [-0.15, -0.1) is 0 Å². The molecular weight excluding hydrogens is 417 g/mol. The number of hydrogen-bond acceptors (Lipinski definition) is 4.